The number of rotatable bonds is 5. The molecule has 6 aromatic carbocycles. The van der Waals surface area contributed by atoms with Gasteiger partial charge in [-0.2, -0.15) is 0 Å². The smallest absolute Gasteiger partial charge is 0.143 e. The summed E-state index contributed by atoms with van der Waals surface area (Å²) >= 11 is 1.88. The zero-order chi connectivity index (χ0) is 36.7. The first-order valence-corrected chi connectivity index (χ1v) is 21.0. The van der Waals surface area contributed by atoms with Crippen molar-refractivity contribution in [2.24, 2.45) is 0 Å². The van der Waals surface area contributed by atoms with E-state index in [1.807, 2.05) is 11.3 Å². The third kappa shape index (κ3) is 4.88. The van der Waals surface area contributed by atoms with Gasteiger partial charge >= 0.3 is 0 Å². The molecule has 0 radical (unpaired) electrons. The summed E-state index contributed by atoms with van der Waals surface area (Å²) in [5.74, 6) is 0.528. The van der Waals surface area contributed by atoms with Crippen molar-refractivity contribution in [1.82, 2.24) is 0 Å². The van der Waals surface area contributed by atoms with E-state index in [4.69, 9.17) is 4.42 Å². The predicted octanol–water partition coefficient (Wildman–Crippen LogP) is 12.5. The molecule has 3 aliphatic carbocycles. The number of hydrogen-bond donors (Lipinski definition) is 0. The molecule has 0 bridgehead atoms. The summed E-state index contributed by atoms with van der Waals surface area (Å²) in [4.78, 5) is 5.26. The van der Waals surface area contributed by atoms with E-state index in [9.17, 15) is 0 Å². The van der Waals surface area contributed by atoms with Crippen LogP contribution < -0.4 is 20.4 Å². The summed E-state index contributed by atoms with van der Waals surface area (Å²) in [6.07, 6.45) is 19.2. The van der Waals surface area contributed by atoms with E-state index in [-0.39, 0.29) is 0 Å². The van der Waals surface area contributed by atoms with Gasteiger partial charge in [0.1, 0.15) is 11.0 Å². The van der Waals surface area contributed by atoms with Crippen LogP contribution in [0.5, 0.6) is 0 Å². The lowest BCUT2D eigenvalue weighted by Gasteiger charge is -2.37. The van der Waals surface area contributed by atoms with Gasteiger partial charge in [-0.1, -0.05) is 115 Å². The Bertz CT molecular complexity index is 3100. The van der Waals surface area contributed by atoms with Gasteiger partial charge in [0.2, 0.25) is 0 Å². The van der Waals surface area contributed by atoms with Crippen LogP contribution in [0.15, 0.2) is 162 Å². The topological polar surface area (TPSA) is 19.6 Å². The van der Waals surface area contributed by atoms with Gasteiger partial charge in [0.15, 0.2) is 0 Å². The van der Waals surface area contributed by atoms with Gasteiger partial charge in [-0.3, -0.25) is 0 Å². The Morgan fingerprint density at radius 3 is 2.46 bits per heavy atom. The van der Waals surface area contributed by atoms with E-state index < -0.39 is 0 Å². The summed E-state index contributed by atoms with van der Waals surface area (Å²) in [5, 5.41) is 7.38. The van der Waals surface area contributed by atoms with Gasteiger partial charge in [0.05, 0.1) is 17.8 Å². The number of nitrogens with zero attached hydrogens (tertiary/aromatic N) is 2. The molecule has 3 nitrogen and oxygen atoms in total. The molecule has 0 spiro atoms. The maximum absolute atomic E-state index is 6.79. The Morgan fingerprint density at radius 2 is 1.55 bits per heavy atom. The molecule has 0 saturated heterocycles. The van der Waals surface area contributed by atoms with Crippen LogP contribution in [0.4, 0.5) is 17.1 Å². The molecule has 0 amide bonds. The minimum absolute atomic E-state index is 0.357. The first-order chi connectivity index (χ1) is 27.8. The maximum Gasteiger partial charge on any atom is 0.143 e. The van der Waals surface area contributed by atoms with Crippen LogP contribution in [0, 0.1) is 0 Å². The van der Waals surface area contributed by atoms with E-state index >= 15 is 0 Å². The Kier molecular flexibility index (Phi) is 7.31. The fourth-order valence-electron chi connectivity index (χ4n) is 10.3. The largest absolute Gasteiger partial charge is 0.456 e. The van der Waals surface area contributed by atoms with Crippen molar-refractivity contribution in [3.05, 3.63) is 180 Å². The van der Waals surface area contributed by atoms with Crippen LogP contribution in [0.25, 0.3) is 59.3 Å². The molecule has 8 aromatic rings. The van der Waals surface area contributed by atoms with Crippen molar-refractivity contribution in [3.8, 4) is 0 Å². The zero-order valence-corrected chi connectivity index (χ0v) is 31.9. The Morgan fingerprint density at radius 1 is 0.714 bits per heavy atom. The van der Waals surface area contributed by atoms with Crippen molar-refractivity contribution < 1.29 is 4.42 Å². The quantitative estimate of drug-likeness (QED) is 0.175. The Balaban J connectivity index is 1.02. The second-order valence-corrected chi connectivity index (χ2v) is 16.8. The molecule has 0 N–H and O–H groups in total. The van der Waals surface area contributed by atoms with E-state index in [0.717, 1.165) is 48.5 Å². The molecule has 4 aliphatic rings. The van der Waals surface area contributed by atoms with Gasteiger partial charge in [-0.05, 0) is 103 Å². The molecular formula is C52H40N2OS. The molecule has 3 heterocycles. The second-order valence-electron chi connectivity index (χ2n) is 15.7. The maximum atomic E-state index is 6.79. The van der Waals surface area contributed by atoms with Crippen LogP contribution in [-0.4, -0.2) is 12.1 Å². The number of furan rings is 1. The van der Waals surface area contributed by atoms with E-state index in [2.05, 4.69) is 174 Å². The fourth-order valence-corrected chi connectivity index (χ4v) is 11.4. The number of fused-ring (bicyclic) bond motifs is 11. The van der Waals surface area contributed by atoms with Crippen molar-refractivity contribution in [2.45, 2.75) is 50.1 Å². The first-order valence-electron chi connectivity index (χ1n) is 20.1. The average molecular weight is 741 g/mol. The molecule has 3 unspecified atom stereocenters. The number of para-hydroxylation sites is 1. The highest BCUT2D eigenvalue weighted by atomic mass is 32.1. The van der Waals surface area contributed by atoms with Crippen molar-refractivity contribution in [2.75, 3.05) is 9.80 Å². The predicted molar refractivity (Wildman–Crippen MR) is 237 cm³/mol. The Labute approximate surface area is 330 Å². The minimum Gasteiger partial charge on any atom is -0.456 e. The first kappa shape index (κ1) is 32.2. The number of thiophene rings is 1. The molecule has 2 aromatic heterocycles. The van der Waals surface area contributed by atoms with Gasteiger partial charge in [0, 0.05) is 59.2 Å². The molecule has 56 heavy (non-hydrogen) atoms. The van der Waals surface area contributed by atoms with Crippen LogP contribution in [0.3, 0.4) is 0 Å². The normalized spacial score (nSPS) is 20.0. The zero-order valence-electron chi connectivity index (χ0n) is 31.1. The third-order valence-corrected chi connectivity index (χ3v) is 13.9. The van der Waals surface area contributed by atoms with E-state index in [1.54, 1.807) is 0 Å². The number of benzene rings is 6. The molecule has 1 aliphatic heterocycles. The minimum atomic E-state index is 0.357. The number of allylic oxidation sites excluding steroid dienone is 3. The fraction of sp³-hybridized carbons (Fsp3) is 0.154. The molecule has 4 heteroatoms. The number of hydrogen-bond acceptors (Lipinski definition) is 4. The molecule has 0 fully saturated rings. The molecule has 270 valence electrons. The molecule has 3 atom stereocenters. The third-order valence-electron chi connectivity index (χ3n) is 12.8. The molecular weight excluding hydrogens is 701 g/mol. The van der Waals surface area contributed by atoms with Gasteiger partial charge < -0.3 is 14.2 Å². The monoisotopic (exact) mass is 740 g/mol. The van der Waals surface area contributed by atoms with Crippen molar-refractivity contribution in [1.29, 1.82) is 0 Å². The van der Waals surface area contributed by atoms with Crippen LogP contribution in [0.2, 0.25) is 0 Å². The lowest BCUT2D eigenvalue weighted by Crippen LogP contribution is -2.41. The van der Waals surface area contributed by atoms with E-state index in [0.29, 0.717) is 18.0 Å². The summed E-state index contributed by atoms with van der Waals surface area (Å²) in [6.45, 7) is 0. The van der Waals surface area contributed by atoms with E-state index in [1.165, 1.54) is 75.6 Å². The van der Waals surface area contributed by atoms with Crippen molar-refractivity contribution >= 4 is 87.7 Å². The van der Waals surface area contributed by atoms with Crippen LogP contribution in [0.1, 0.15) is 49.1 Å². The van der Waals surface area contributed by atoms with Crippen LogP contribution in [-0.2, 0) is 0 Å². The molecule has 12 rings (SSSR count). The standard InChI is InChI=1S/C52H40N2OS/c1-2-13-36(14-3-1)53-43-18-8-6-16-39(43)40-30-27-35(32-46(40)53)33-24-28-37(29-25-33)54(45-20-11-23-49-51(45)41-17-7-9-22-48(41)56-49)44-19-10-21-47-50(44)42-31-26-34-12-4-5-15-38(34)52(42)55-47/h1-9,11-13,15-18,20-26,28-29,31-32,36,40,46H,10,14,19,27,30H2. The lowest BCUT2D eigenvalue weighted by molar-refractivity contribution is 0.529. The summed E-state index contributed by atoms with van der Waals surface area (Å²) in [7, 11) is 0. The van der Waals surface area contributed by atoms with Crippen molar-refractivity contribution in [3.63, 3.8) is 0 Å². The van der Waals surface area contributed by atoms with Crippen LogP contribution >= 0.6 is 11.3 Å². The Hall–Kier alpha value is -6.10. The summed E-state index contributed by atoms with van der Waals surface area (Å²) < 4.78 is 9.41. The SMILES string of the molecule is C1=CCC(N2c3ccccc3C3CCC(c4ccc(N(C5=c6c(oc7c6ccc6ccccc67)=CCC5)c5cccc6sc7ccccc7c56)cc4)=CC32)C=C1. The lowest BCUT2D eigenvalue weighted by atomic mass is 9.81. The highest BCUT2D eigenvalue weighted by Gasteiger charge is 2.41. The second kappa shape index (κ2) is 12.7. The summed E-state index contributed by atoms with van der Waals surface area (Å²) in [6, 6.07) is 48.2. The summed E-state index contributed by atoms with van der Waals surface area (Å²) in [5.41, 5.74) is 11.3. The van der Waals surface area contributed by atoms with Gasteiger partial charge in [0.25, 0.3) is 0 Å². The van der Waals surface area contributed by atoms with Gasteiger partial charge in [-0.25, -0.2) is 0 Å². The average Bonchev–Trinajstić information content (AvgIpc) is 3.94. The highest BCUT2D eigenvalue weighted by molar-refractivity contribution is 7.26. The molecule has 0 saturated carbocycles. The van der Waals surface area contributed by atoms with Gasteiger partial charge in [-0.15, -0.1) is 11.3 Å². The number of anilines is 3. The highest BCUT2D eigenvalue weighted by Crippen LogP contribution is 2.50.